The second kappa shape index (κ2) is 11.1. The van der Waals surface area contributed by atoms with Gasteiger partial charge in [-0.1, -0.05) is 42.5 Å². The van der Waals surface area contributed by atoms with Gasteiger partial charge in [-0.3, -0.25) is 14.9 Å². The molecular weight excluding hydrogens is 422 g/mol. The number of carbonyl (C=O) groups is 2. The van der Waals surface area contributed by atoms with Crippen LogP contribution in [0.2, 0.25) is 0 Å². The highest BCUT2D eigenvalue weighted by molar-refractivity contribution is 7.80. The van der Waals surface area contributed by atoms with E-state index in [1.165, 1.54) is 0 Å². The first-order chi connectivity index (χ1) is 15.5. The summed E-state index contributed by atoms with van der Waals surface area (Å²) in [5.41, 5.74) is 2.62. The molecule has 0 aliphatic rings. The first-order valence-electron chi connectivity index (χ1n) is 10.2. The van der Waals surface area contributed by atoms with Crippen molar-refractivity contribution < 1.29 is 14.3 Å². The normalized spacial score (nSPS) is 10.2. The molecule has 3 aromatic carbocycles. The number of anilines is 1. The van der Waals surface area contributed by atoms with Crippen LogP contribution in [0.1, 0.15) is 33.2 Å². The zero-order valence-corrected chi connectivity index (χ0v) is 18.8. The monoisotopic (exact) mass is 447 g/mol. The summed E-state index contributed by atoms with van der Waals surface area (Å²) in [5, 5.41) is 5.75. The lowest BCUT2D eigenvalue weighted by Crippen LogP contribution is -2.34. The SMILES string of the molecule is CCOc1cccc(C(=O)NC(=S)Nc2cccc(C(=O)N(C)Cc3ccccc3)c2)c1. The molecule has 7 heteroatoms. The Morgan fingerprint density at radius 2 is 1.66 bits per heavy atom. The molecule has 2 amide bonds. The molecule has 0 unspecified atom stereocenters. The number of carbonyl (C=O) groups excluding carboxylic acids is 2. The molecule has 0 aromatic heterocycles. The summed E-state index contributed by atoms with van der Waals surface area (Å²) in [6.45, 7) is 2.90. The summed E-state index contributed by atoms with van der Waals surface area (Å²) < 4.78 is 5.43. The predicted octanol–water partition coefficient (Wildman–Crippen LogP) is 4.48. The van der Waals surface area contributed by atoms with Gasteiger partial charge in [0, 0.05) is 30.4 Å². The van der Waals surface area contributed by atoms with Crippen LogP contribution in [-0.2, 0) is 6.54 Å². The third-order valence-electron chi connectivity index (χ3n) is 4.61. The second-order valence-electron chi connectivity index (χ2n) is 7.10. The Kier molecular flexibility index (Phi) is 7.94. The lowest BCUT2D eigenvalue weighted by Gasteiger charge is -2.18. The van der Waals surface area contributed by atoms with E-state index in [-0.39, 0.29) is 16.9 Å². The lowest BCUT2D eigenvalue weighted by atomic mass is 10.1. The van der Waals surface area contributed by atoms with E-state index in [4.69, 9.17) is 17.0 Å². The van der Waals surface area contributed by atoms with E-state index < -0.39 is 0 Å². The highest BCUT2D eigenvalue weighted by Gasteiger charge is 2.14. The molecule has 0 bridgehead atoms. The number of thiocarbonyl (C=S) groups is 1. The number of nitrogens with zero attached hydrogens (tertiary/aromatic N) is 1. The van der Waals surface area contributed by atoms with Gasteiger partial charge < -0.3 is 15.0 Å². The maximum absolute atomic E-state index is 12.8. The maximum atomic E-state index is 12.8. The lowest BCUT2D eigenvalue weighted by molar-refractivity contribution is 0.0785. The van der Waals surface area contributed by atoms with E-state index >= 15 is 0 Å². The minimum atomic E-state index is -0.348. The van der Waals surface area contributed by atoms with Crippen LogP contribution in [0.5, 0.6) is 5.75 Å². The van der Waals surface area contributed by atoms with E-state index in [2.05, 4.69) is 10.6 Å². The molecule has 2 N–H and O–H groups in total. The zero-order chi connectivity index (χ0) is 22.9. The van der Waals surface area contributed by atoms with E-state index in [0.717, 1.165) is 5.56 Å². The number of hydrogen-bond donors (Lipinski definition) is 2. The molecule has 3 aromatic rings. The second-order valence-corrected chi connectivity index (χ2v) is 7.50. The van der Waals surface area contributed by atoms with Gasteiger partial charge in [-0.2, -0.15) is 0 Å². The number of hydrogen-bond acceptors (Lipinski definition) is 4. The molecular formula is C25H25N3O3S. The molecule has 164 valence electrons. The maximum Gasteiger partial charge on any atom is 0.257 e. The summed E-state index contributed by atoms with van der Waals surface area (Å²) in [7, 11) is 1.76. The largest absolute Gasteiger partial charge is 0.494 e. The Morgan fingerprint density at radius 3 is 2.41 bits per heavy atom. The van der Waals surface area contributed by atoms with Gasteiger partial charge >= 0.3 is 0 Å². The number of benzene rings is 3. The minimum Gasteiger partial charge on any atom is -0.494 e. The van der Waals surface area contributed by atoms with Crippen LogP contribution in [0, 0.1) is 0 Å². The molecule has 0 atom stereocenters. The van der Waals surface area contributed by atoms with Crippen LogP contribution >= 0.6 is 12.2 Å². The first-order valence-corrected chi connectivity index (χ1v) is 10.6. The summed E-state index contributed by atoms with van der Waals surface area (Å²) in [6, 6.07) is 23.7. The van der Waals surface area contributed by atoms with Crippen molar-refractivity contribution in [3.8, 4) is 5.75 Å². The summed E-state index contributed by atoms with van der Waals surface area (Å²) in [5.74, 6) is 0.156. The average Bonchev–Trinajstić information content (AvgIpc) is 2.79. The van der Waals surface area contributed by atoms with Gasteiger partial charge in [0.25, 0.3) is 11.8 Å². The van der Waals surface area contributed by atoms with Crippen molar-refractivity contribution in [1.29, 1.82) is 0 Å². The highest BCUT2D eigenvalue weighted by Crippen LogP contribution is 2.15. The van der Waals surface area contributed by atoms with Crippen molar-refractivity contribution in [3.63, 3.8) is 0 Å². The Morgan fingerprint density at radius 1 is 0.938 bits per heavy atom. The molecule has 6 nitrogen and oxygen atoms in total. The molecule has 0 radical (unpaired) electrons. The van der Waals surface area contributed by atoms with Crippen LogP contribution < -0.4 is 15.4 Å². The van der Waals surface area contributed by atoms with E-state index in [0.29, 0.717) is 35.7 Å². The fraction of sp³-hybridized carbons (Fsp3) is 0.160. The van der Waals surface area contributed by atoms with Crippen LogP contribution in [0.15, 0.2) is 78.9 Å². The quantitative estimate of drug-likeness (QED) is 0.523. The summed E-state index contributed by atoms with van der Waals surface area (Å²) >= 11 is 5.27. The number of amides is 2. The van der Waals surface area contributed by atoms with Crippen LogP contribution in [-0.4, -0.2) is 35.5 Å². The fourth-order valence-corrected chi connectivity index (χ4v) is 3.32. The predicted molar refractivity (Wildman–Crippen MR) is 130 cm³/mol. The van der Waals surface area contributed by atoms with Gasteiger partial charge in [-0.05, 0) is 61.1 Å². The van der Waals surface area contributed by atoms with Gasteiger partial charge in [-0.25, -0.2) is 0 Å². The Hall–Kier alpha value is -3.71. The molecule has 0 aliphatic carbocycles. The van der Waals surface area contributed by atoms with Crippen molar-refractivity contribution in [2.45, 2.75) is 13.5 Å². The van der Waals surface area contributed by atoms with Crippen LogP contribution in [0.25, 0.3) is 0 Å². The van der Waals surface area contributed by atoms with Crippen molar-refractivity contribution in [2.75, 3.05) is 19.0 Å². The van der Waals surface area contributed by atoms with Crippen LogP contribution in [0.4, 0.5) is 5.69 Å². The van der Waals surface area contributed by atoms with E-state index in [9.17, 15) is 9.59 Å². The van der Waals surface area contributed by atoms with Crippen molar-refractivity contribution in [3.05, 3.63) is 95.6 Å². The van der Waals surface area contributed by atoms with Gasteiger partial charge in [0.15, 0.2) is 5.11 Å². The molecule has 0 fully saturated rings. The molecule has 32 heavy (non-hydrogen) atoms. The number of rotatable bonds is 7. The number of nitrogens with one attached hydrogen (secondary N) is 2. The summed E-state index contributed by atoms with van der Waals surface area (Å²) in [4.78, 5) is 27.0. The fourth-order valence-electron chi connectivity index (χ4n) is 3.11. The smallest absolute Gasteiger partial charge is 0.257 e. The zero-order valence-electron chi connectivity index (χ0n) is 18.0. The molecule has 3 rings (SSSR count). The average molecular weight is 448 g/mol. The van der Waals surface area contributed by atoms with Crippen molar-refractivity contribution in [2.24, 2.45) is 0 Å². The Bertz CT molecular complexity index is 1100. The minimum absolute atomic E-state index is 0.111. The van der Waals surface area contributed by atoms with Gasteiger partial charge in [-0.15, -0.1) is 0 Å². The van der Waals surface area contributed by atoms with Crippen molar-refractivity contribution >= 4 is 34.8 Å². The Balaban J connectivity index is 1.61. The molecule has 0 saturated carbocycles. The summed E-state index contributed by atoms with van der Waals surface area (Å²) in [6.07, 6.45) is 0. The van der Waals surface area contributed by atoms with E-state index in [1.807, 2.05) is 37.3 Å². The molecule has 0 aliphatic heterocycles. The van der Waals surface area contributed by atoms with Gasteiger partial charge in [0.2, 0.25) is 0 Å². The van der Waals surface area contributed by atoms with Crippen molar-refractivity contribution in [1.82, 2.24) is 10.2 Å². The Labute approximate surface area is 193 Å². The molecule has 0 heterocycles. The third-order valence-corrected chi connectivity index (χ3v) is 4.82. The van der Waals surface area contributed by atoms with Gasteiger partial charge in [0.1, 0.15) is 5.75 Å². The van der Waals surface area contributed by atoms with Crippen LogP contribution in [0.3, 0.4) is 0 Å². The number of ether oxygens (including phenoxy) is 1. The first kappa shape index (κ1) is 23.0. The highest BCUT2D eigenvalue weighted by atomic mass is 32.1. The standard InChI is InChI=1S/C25H25N3O3S/c1-3-31-22-14-8-11-19(16-22)23(29)27-25(32)26-21-13-7-12-20(15-21)24(30)28(2)17-18-9-5-4-6-10-18/h4-16H,3,17H2,1-2H3,(H2,26,27,29,32). The van der Waals surface area contributed by atoms with E-state index in [1.54, 1.807) is 60.5 Å². The van der Waals surface area contributed by atoms with Gasteiger partial charge in [0.05, 0.1) is 6.61 Å². The molecule has 0 saturated heterocycles. The third kappa shape index (κ3) is 6.39. The topological polar surface area (TPSA) is 70.7 Å². The molecule has 0 spiro atoms.